The monoisotopic (exact) mass is 629 g/mol. The molecule has 1 N–H and O–H groups in total. The summed E-state index contributed by atoms with van der Waals surface area (Å²) < 4.78 is 106. The number of ether oxygens (including phenoxy) is 1. The Kier molecular flexibility index (Phi) is 8.63. The van der Waals surface area contributed by atoms with Gasteiger partial charge >= 0.3 is 11.7 Å². The standard InChI is InChI=1S/C28H29F6N5O3S/c29-27(30,31)19-1-10-26(36-16-19)39-13-11-38(12-14-39)22-15-24(18-35-17-22)42-23-6-2-20(3-7-23)37-21-4-8-25(9-5-21)43(40,41)28(32,33)34/h1,4-5,8-10,15-18,20,23,37H,2-3,6-7,11-14H2. The first kappa shape index (κ1) is 30.7. The molecule has 15 heteroatoms. The minimum absolute atomic E-state index is 0.0444. The lowest BCUT2D eigenvalue weighted by molar-refractivity contribution is -0.137. The van der Waals surface area contributed by atoms with Gasteiger partial charge in [-0.1, -0.05) is 0 Å². The summed E-state index contributed by atoms with van der Waals surface area (Å²) in [6.07, 6.45) is 2.74. The van der Waals surface area contributed by atoms with E-state index in [9.17, 15) is 34.8 Å². The number of alkyl halides is 6. The Balaban J connectivity index is 1.09. The zero-order valence-electron chi connectivity index (χ0n) is 22.8. The second-order valence-electron chi connectivity index (χ2n) is 10.5. The van der Waals surface area contributed by atoms with E-state index in [4.69, 9.17) is 4.74 Å². The number of aromatic nitrogens is 2. The van der Waals surface area contributed by atoms with Gasteiger partial charge in [-0.15, -0.1) is 0 Å². The number of piperazine rings is 1. The van der Waals surface area contributed by atoms with Crippen molar-refractivity contribution in [2.45, 2.75) is 54.4 Å². The highest BCUT2D eigenvalue weighted by Gasteiger charge is 2.46. The van der Waals surface area contributed by atoms with E-state index in [2.05, 4.69) is 20.2 Å². The van der Waals surface area contributed by atoms with Crippen LogP contribution < -0.4 is 19.9 Å². The van der Waals surface area contributed by atoms with E-state index in [1.54, 1.807) is 12.4 Å². The van der Waals surface area contributed by atoms with Crippen LogP contribution in [0, 0.1) is 0 Å². The first-order valence-corrected chi connectivity index (χ1v) is 15.1. The maximum atomic E-state index is 12.8. The summed E-state index contributed by atoms with van der Waals surface area (Å²) in [5.41, 5.74) is -4.71. The van der Waals surface area contributed by atoms with Crippen LogP contribution in [0.15, 0.2) is 66.0 Å². The molecule has 8 nitrogen and oxygen atoms in total. The molecule has 3 heterocycles. The van der Waals surface area contributed by atoms with E-state index < -0.39 is 32.0 Å². The van der Waals surface area contributed by atoms with Crippen molar-refractivity contribution in [3.63, 3.8) is 0 Å². The number of halogens is 6. The zero-order valence-corrected chi connectivity index (χ0v) is 23.6. The van der Waals surface area contributed by atoms with Gasteiger partial charge in [0.05, 0.1) is 34.6 Å². The van der Waals surface area contributed by atoms with Gasteiger partial charge in [0, 0.05) is 50.2 Å². The number of benzene rings is 1. The highest BCUT2D eigenvalue weighted by molar-refractivity contribution is 7.92. The quantitative estimate of drug-likeness (QED) is 0.323. The summed E-state index contributed by atoms with van der Waals surface area (Å²) in [7, 11) is -5.38. The molecule has 0 amide bonds. The molecule has 1 saturated heterocycles. The average molecular weight is 630 g/mol. The second kappa shape index (κ2) is 12.1. The van der Waals surface area contributed by atoms with Crippen molar-refractivity contribution in [2.24, 2.45) is 0 Å². The molecule has 0 spiro atoms. The number of sulfone groups is 1. The fourth-order valence-corrected chi connectivity index (χ4v) is 5.96. The van der Waals surface area contributed by atoms with E-state index >= 15 is 0 Å². The predicted molar refractivity (Wildman–Crippen MR) is 148 cm³/mol. The number of rotatable bonds is 7. The predicted octanol–water partition coefficient (Wildman–Crippen LogP) is 5.92. The molecule has 0 atom stereocenters. The Labute approximate surface area is 244 Å². The Bertz CT molecular complexity index is 1490. The zero-order chi connectivity index (χ0) is 30.8. The van der Waals surface area contributed by atoms with Crippen molar-refractivity contribution in [2.75, 3.05) is 41.3 Å². The molecular formula is C28H29F6N5O3S. The van der Waals surface area contributed by atoms with E-state index in [0.717, 1.165) is 55.8 Å². The first-order chi connectivity index (χ1) is 20.3. The number of pyridine rings is 2. The molecular weight excluding hydrogens is 600 g/mol. The molecule has 0 unspecified atom stereocenters. The molecule has 232 valence electrons. The molecule has 2 aromatic heterocycles. The molecule has 1 aromatic carbocycles. The van der Waals surface area contributed by atoms with Crippen LogP contribution in [0.1, 0.15) is 31.2 Å². The summed E-state index contributed by atoms with van der Waals surface area (Å²) in [4.78, 5) is 11.6. The van der Waals surface area contributed by atoms with Gasteiger partial charge in [-0.2, -0.15) is 26.3 Å². The van der Waals surface area contributed by atoms with Gasteiger partial charge in [-0.05, 0) is 62.1 Å². The largest absolute Gasteiger partial charge is 0.501 e. The molecule has 0 bridgehead atoms. The van der Waals surface area contributed by atoms with Crippen molar-refractivity contribution >= 4 is 27.0 Å². The van der Waals surface area contributed by atoms with Gasteiger partial charge in [0.1, 0.15) is 11.6 Å². The van der Waals surface area contributed by atoms with Crippen LogP contribution in [0.25, 0.3) is 0 Å². The Morgan fingerprint density at radius 2 is 1.47 bits per heavy atom. The third-order valence-electron chi connectivity index (χ3n) is 7.56. The Hall–Kier alpha value is -3.75. The van der Waals surface area contributed by atoms with Crippen LogP contribution in [0.3, 0.4) is 0 Å². The molecule has 2 fully saturated rings. The third-order valence-corrected chi connectivity index (χ3v) is 9.06. The molecule has 5 rings (SSSR count). The lowest BCUT2D eigenvalue weighted by Crippen LogP contribution is -2.46. The number of hydrogen-bond acceptors (Lipinski definition) is 8. The highest BCUT2D eigenvalue weighted by Crippen LogP contribution is 2.33. The van der Waals surface area contributed by atoms with Gasteiger partial charge in [-0.25, -0.2) is 13.4 Å². The van der Waals surface area contributed by atoms with Gasteiger partial charge < -0.3 is 19.9 Å². The maximum Gasteiger partial charge on any atom is 0.501 e. The molecule has 3 aromatic rings. The summed E-state index contributed by atoms with van der Waals surface area (Å²) >= 11 is 0. The molecule has 0 radical (unpaired) electrons. The molecule has 1 aliphatic carbocycles. The minimum Gasteiger partial charge on any atom is -0.489 e. The van der Waals surface area contributed by atoms with Crippen LogP contribution in [-0.2, 0) is 16.0 Å². The lowest BCUT2D eigenvalue weighted by atomic mass is 9.92. The van der Waals surface area contributed by atoms with Gasteiger partial charge in [0.2, 0.25) is 0 Å². The van der Waals surface area contributed by atoms with Crippen LogP contribution in [0.5, 0.6) is 5.75 Å². The Morgan fingerprint density at radius 1 is 0.814 bits per heavy atom. The summed E-state index contributed by atoms with van der Waals surface area (Å²) in [6.45, 7) is 2.43. The van der Waals surface area contributed by atoms with E-state index in [1.807, 2.05) is 11.0 Å². The lowest BCUT2D eigenvalue weighted by Gasteiger charge is -2.36. The fraction of sp³-hybridized carbons (Fsp3) is 0.429. The van der Waals surface area contributed by atoms with Gasteiger partial charge in [-0.3, -0.25) is 4.98 Å². The Morgan fingerprint density at radius 3 is 2.05 bits per heavy atom. The van der Waals surface area contributed by atoms with E-state index in [-0.39, 0.29) is 12.1 Å². The smallest absolute Gasteiger partial charge is 0.489 e. The van der Waals surface area contributed by atoms with Gasteiger partial charge in [0.25, 0.3) is 9.84 Å². The van der Waals surface area contributed by atoms with Crippen molar-refractivity contribution < 1.29 is 39.5 Å². The average Bonchev–Trinajstić information content (AvgIpc) is 2.98. The van der Waals surface area contributed by atoms with Crippen LogP contribution in [-0.4, -0.2) is 62.2 Å². The number of nitrogens with zero attached hydrogens (tertiary/aromatic N) is 4. The van der Waals surface area contributed by atoms with Gasteiger partial charge in [0.15, 0.2) is 0 Å². The summed E-state index contributed by atoms with van der Waals surface area (Å²) in [5, 5.41) is 3.25. The van der Waals surface area contributed by atoms with Crippen LogP contribution in [0.2, 0.25) is 0 Å². The van der Waals surface area contributed by atoms with E-state index in [1.165, 1.54) is 18.2 Å². The summed E-state index contributed by atoms with van der Waals surface area (Å²) in [6, 6.07) is 8.97. The van der Waals surface area contributed by atoms with Crippen molar-refractivity contribution in [1.29, 1.82) is 0 Å². The summed E-state index contributed by atoms with van der Waals surface area (Å²) in [5.74, 6) is 1.13. The molecule has 2 aliphatic rings. The minimum atomic E-state index is -5.38. The SMILES string of the molecule is O=S(=O)(c1ccc(NC2CCC(Oc3cncc(N4CCN(c5ccc(C(F)(F)F)cn5)CC4)c3)CC2)cc1)C(F)(F)F. The number of hydrogen-bond donors (Lipinski definition) is 1. The fourth-order valence-electron chi connectivity index (χ4n) is 5.20. The van der Waals surface area contributed by atoms with Crippen molar-refractivity contribution in [1.82, 2.24) is 9.97 Å². The number of nitrogens with one attached hydrogen (secondary N) is 1. The topological polar surface area (TPSA) is 87.7 Å². The second-order valence-corrected chi connectivity index (χ2v) is 12.4. The van der Waals surface area contributed by atoms with Crippen LogP contribution >= 0.6 is 0 Å². The van der Waals surface area contributed by atoms with Crippen LogP contribution in [0.4, 0.5) is 43.5 Å². The van der Waals surface area contributed by atoms with E-state index in [0.29, 0.717) is 43.4 Å². The first-order valence-electron chi connectivity index (χ1n) is 13.6. The highest BCUT2D eigenvalue weighted by atomic mass is 32.2. The number of anilines is 3. The molecule has 43 heavy (non-hydrogen) atoms. The third kappa shape index (κ3) is 7.25. The molecule has 1 saturated carbocycles. The normalized spacial score (nSPS) is 20.1. The maximum absolute atomic E-state index is 12.8. The molecule has 1 aliphatic heterocycles. The van der Waals surface area contributed by atoms with Crippen molar-refractivity contribution in [3.8, 4) is 5.75 Å². The van der Waals surface area contributed by atoms with Crippen molar-refractivity contribution in [3.05, 3.63) is 66.6 Å².